The zero-order valence-corrected chi connectivity index (χ0v) is 17.5. The number of aromatic hydroxyl groups is 2. The van der Waals surface area contributed by atoms with Gasteiger partial charge in [-0.1, -0.05) is 19.9 Å². The number of tetrazole rings is 1. The molecule has 0 radical (unpaired) electrons. The van der Waals surface area contributed by atoms with Gasteiger partial charge in [0, 0.05) is 17.2 Å². The number of piperidine rings is 1. The number of aromatic nitrogens is 4. The van der Waals surface area contributed by atoms with Gasteiger partial charge in [0.05, 0.1) is 18.7 Å². The van der Waals surface area contributed by atoms with Gasteiger partial charge in [-0.05, 0) is 66.0 Å². The van der Waals surface area contributed by atoms with E-state index in [9.17, 15) is 10.2 Å². The molecule has 1 aliphatic rings. The standard InChI is InChI=1S/C22H27N5O3/c1-13(2)14-4-5-21(30-3)17(10-14)16-11-18(20(29)12-19(16)28)22-24-25-26-27(22)15-6-8-23-9-7-15/h4-5,10-13,15,23,28-29H,6-9H2,1-3H3. The lowest BCUT2D eigenvalue weighted by molar-refractivity contribution is 0.340. The van der Waals surface area contributed by atoms with Crippen LogP contribution in [0.15, 0.2) is 30.3 Å². The summed E-state index contributed by atoms with van der Waals surface area (Å²) < 4.78 is 7.32. The van der Waals surface area contributed by atoms with E-state index in [1.165, 1.54) is 6.07 Å². The molecule has 4 rings (SSSR count). The molecule has 0 saturated carbocycles. The quantitative estimate of drug-likeness (QED) is 0.592. The van der Waals surface area contributed by atoms with Crippen LogP contribution in [0.5, 0.6) is 17.2 Å². The number of phenols is 2. The summed E-state index contributed by atoms with van der Waals surface area (Å²) >= 11 is 0. The fourth-order valence-electron chi connectivity index (χ4n) is 3.94. The summed E-state index contributed by atoms with van der Waals surface area (Å²) in [5.41, 5.74) is 2.91. The molecule has 0 bridgehead atoms. The van der Waals surface area contributed by atoms with Gasteiger partial charge in [0.15, 0.2) is 5.82 Å². The van der Waals surface area contributed by atoms with Gasteiger partial charge in [-0.15, -0.1) is 5.10 Å². The van der Waals surface area contributed by atoms with E-state index in [-0.39, 0.29) is 17.5 Å². The number of methoxy groups -OCH3 is 1. The maximum absolute atomic E-state index is 10.7. The smallest absolute Gasteiger partial charge is 0.186 e. The van der Waals surface area contributed by atoms with Crippen molar-refractivity contribution in [1.82, 2.24) is 25.5 Å². The van der Waals surface area contributed by atoms with Crippen LogP contribution in [0.3, 0.4) is 0 Å². The third-order valence-corrected chi connectivity index (χ3v) is 5.68. The van der Waals surface area contributed by atoms with Crippen molar-refractivity contribution in [3.05, 3.63) is 35.9 Å². The van der Waals surface area contributed by atoms with Crippen LogP contribution in [0.1, 0.15) is 44.2 Å². The van der Waals surface area contributed by atoms with E-state index in [0.717, 1.165) is 37.1 Å². The number of phenolic OH excluding ortho intramolecular Hbond substituents is 2. The second kappa shape index (κ2) is 8.31. The Bertz CT molecular complexity index is 1040. The van der Waals surface area contributed by atoms with E-state index < -0.39 is 0 Å². The average molecular weight is 409 g/mol. The van der Waals surface area contributed by atoms with Gasteiger partial charge in [0.25, 0.3) is 0 Å². The first-order chi connectivity index (χ1) is 14.5. The monoisotopic (exact) mass is 409 g/mol. The third kappa shape index (κ3) is 3.70. The second-order valence-electron chi connectivity index (χ2n) is 7.93. The maximum atomic E-state index is 10.7. The largest absolute Gasteiger partial charge is 0.507 e. The zero-order valence-electron chi connectivity index (χ0n) is 17.5. The van der Waals surface area contributed by atoms with Gasteiger partial charge in [-0.25, -0.2) is 4.68 Å². The molecule has 0 aliphatic carbocycles. The van der Waals surface area contributed by atoms with E-state index in [2.05, 4.69) is 34.7 Å². The van der Waals surface area contributed by atoms with Gasteiger partial charge >= 0.3 is 0 Å². The minimum atomic E-state index is -0.0692. The van der Waals surface area contributed by atoms with Gasteiger partial charge in [0.2, 0.25) is 0 Å². The Labute approximate surface area is 175 Å². The Morgan fingerprint density at radius 2 is 1.77 bits per heavy atom. The third-order valence-electron chi connectivity index (χ3n) is 5.68. The summed E-state index contributed by atoms with van der Waals surface area (Å²) in [4.78, 5) is 0. The molecule has 8 nitrogen and oxygen atoms in total. The summed E-state index contributed by atoms with van der Waals surface area (Å²) in [5, 5.41) is 36.8. The molecule has 0 spiro atoms. The highest BCUT2D eigenvalue weighted by Crippen LogP contribution is 2.43. The predicted molar refractivity (Wildman–Crippen MR) is 114 cm³/mol. The molecule has 1 fully saturated rings. The minimum absolute atomic E-state index is 0.0312. The van der Waals surface area contributed by atoms with Crippen LogP contribution < -0.4 is 10.1 Å². The van der Waals surface area contributed by atoms with Gasteiger partial charge in [-0.2, -0.15) is 0 Å². The van der Waals surface area contributed by atoms with Gasteiger partial charge in [-0.3, -0.25) is 0 Å². The molecule has 0 atom stereocenters. The normalized spacial score (nSPS) is 14.9. The molecule has 158 valence electrons. The van der Waals surface area contributed by atoms with Crippen LogP contribution in [0.2, 0.25) is 0 Å². The molecule has 3 N–H and O–H groups in total. The van der Waals surface area contributed by atoms with E-state index in [1.807, 2.05) is 18.2 Å². The second-order valence-corrected chi connectivity index (χ2v) is 7.93. The number of nitrogens with zero attached hydrogens (tertiary/aromatic N) is 4. The lowest BCUT2D eigenvalue weighted by Crippen LogP contribution is -2.30. The Morgan fingerprint density at radius 1 is 1.03 bits per heavy atom. The SMILES string of the molecule is COc1ccc(C(C)C)cc1-c1cc(-c2nnnn2C2CCNCC2)c(O)cc1O. The summed E-state index contributed by atoms with van der Waals surface area (Å²) in [5.74, 6) is 1.35. The fourth-order valence-corrected chi connectivity index (χ4v) is 3.94. The van der Waals surface area contributed by atoms with Crippen molar-refractivity contribution in [2.45, 2.75) is 38.6 Å². The van der Waals surface area contributed by atoms with E-state index in [4.69, 9.17) is 4.74 Å². The first kappa shape index (κ1) is 20.2. The fraction of sp³-hybridized carbons (Fsp3) is 0.409. The van der Waals surface area contributed by atoms with Crippen LogP contribution >= 0.6 is 0 Å². The maximum Gasteiger partial charge on any atom is 0.186 e. The first-order valence-electron chi connectivity index (χ1n) is 10.2. The number of rotatable bonds is 5. The molecule has 2 heterocycles. The number of hydrogen-bond acceptors (Lipinski definition) is 7. The van der Waals surface area contributed by atoms with Crippen LogP contribution in [-0.2, 0) is 0 Å². The molecule has 30 heavy (non-hydrogen) atoms. The highest BCUT2D eigenvalue weighted by atomic mass is 16.5. The summed E-state index contributed by atoms with van der Waals surface area (Å²) in [6.45, 7) is 6.02. The van der Waals surface area contributed by atoms with E-state index in [0.29, 0.717) is 28.6 Å². The number of hydrogen-bond donors (Lipinski definition) is 3. The highest BCUT2D eigenvalue weighted by Gasteiger charge is 2.24. The lowest BCUT2D eigenvalue weighted by Gasteiger charge is -2.23. The molecule has 1 aliphatic heterocycles. The predicted octanol–water partition coefficient (Wildman–Crippen LogP) is 3.47. The molecule has 1 saturated heterocycles. The molecule has 3 aromatic rings. The van der Waals surface area contributed by atoms with Crippen molar-refractivity contribution < 1.29 is 14.9 Å². The topological polar surface area (TPSA) is 105 Å². The molecule has 1 aromatic heterocycles. The van der Waals surface area contributed by atoms with Crippen molar-refractivity contribution >= 4 is 0 Å². The summed E-state index contributed by atoms with van der Waals surface area (Å²) in [6, 6.07) is 9.16. The molecular formula is C22H27N5O3. The minimum Gasteiger partial charge on any atom is -0.507 e. The molecule has 0 amide bonds. The average Bonchev–Trinajstić information content (AvgIpc) is 3.23. The van der Waals surface area contributed by atoms with Crippen LogP contribution in [0.4, 0.5) is 0 Å². The first-order valence-corrected chi connectivity index (χ1v) is 10.2. The number of benzene rings is 2. The number of ether oxygens (including phenoxy) is 1. The Balaban J connectivity index is 1.84. The van der Waals surface area contributed by atoms with E-state index >= 15 is 0 Å². The summed E-state index contributed by atoms with van der Waals surface area (Å²) in [6.07, 6.45) is 1.82. The van der Waals surface area contributed by atoms with Crippen molar-refractivity contribution in [1.29, 1.82) is 0 Å². The molecule has 0 unspecified atom stereocenters. The van der Waals surface area contributed by atoms with Crippen molar-refractivity contribution in [2.75, 3.05) is 20.2 Å². The molecule has 8 heteroatoms. The van der Waals surface area contributed by atoms with Gasteiger partial charge in [0.1, 0.15) is 17.2 Å². The van der Waals surface area contributed by atoms with E-state index in [1.54, 1.807) is 17.9 Å². The number of nitrogens with one attached hydrogen (secondary N) is 1. The van der Waals surface area contributed by atoms with Gasteiger partial charge < -0.3 is 20.3 Å². The molecule has 2 aromatic carbocycles. The zero-order chi connectivity index (χ0) is 21.3. The molecular weight excluding hydrogens is 382 g/mol. The van der Waals surface area contributed by atoms with Crippen molar-refractivity contribution in [3.8, 4) is 39.8 Å². The Kier molecular flexibility index (Phi) is 5.59. The van der Waals surface area contributed by atoms with Crippen molar-refractivity contribution in [2.24, 2.45) is 0 Å². The Hall–Kier alpha value is -3.13. The van der Waals surface area contributed by atoms with Crippen LogP contribution in [-0.4, -0.2) is 50.6 Å². The van der Waals surface area contributed by atoms with Crippen LogP contribution in [0.25, 0.3) is 22.5 Å². The lowest BCUT2D eigenvalue weighted by atomic mass is 9.94. The van der Waals surface area contributed by atoms with Crippen molar-refractivity contribution in [3.63, 3.8) is 0 Å². The Morgan fingerprint density at radius 3 is 2.47 bits per heavy atom. The summed E-state index contributed by atoms with van der Waals surface area (Å²) in [7, 11) is 1.60. The van der Waals surface area contributed by atoms with Crippen LogP contribution in [0, 0.1) is 0 Å². The highest BCUT2D eigenvalue weighted by molar-refractivity contribution is 5.82.